The lowest BCUT2D eigenvalue weighted by molar-refractivity contribution is 0.281. The maximum absolute atomic E-state index is 14.0. The van der Waals surface area contributed by atoms with Crippen LogP contribution in [0.5, 0.6) is 0 Å². The lowest BCUT2D eigenvalue weighted by atomic mass is 10.2. The van der Waals surface area contributed by atoms with Crippen LogP contribution in [0.2, 0.25) is 5.02 Å². The molecule has 0 N–H and O–H groups in total. The van der Waals surface area contributed by atoms with Crippen LogP contribution in [0.15, 0.2) is 65.6 Å². The van der Waals surface area contributed by atoms with E-state index in [-0.39, 0.29) is 16.4 Å². The van der Waals surface area contributed by atoms with E-state index in [2.05, 4.69) is 14.9 Å². The van der Waals surface area contributed by atoms with E-state index < -0.39 is 0 Å². The van der Waals surface area contributed by atoms with Crippen molar-refractivity contribution in [1.29, 1.82) is 0 Å². The fraction of sp³-hybridized carbons (Fsp3) is 0.304. The van der Waals surface area contributed by atoms with Gasteiger partial charge in [0.05, 0.1) is 18.4 Å². The first-order chi connectivity index (χ1) is 14.6. The Morgan fingerprint density at radius 1 is 0.933 bits per heavy atom. The second-order valence-electron chi connectivity index (χ2n) is 7.50. The summed E-state index contributed by atoms with van der Waals surface area (Å²) >= 11 is 6.46. The molecule has 1 fully saturated rings. The van der Waals surface area contributed by atoms with Crippen molar-refractivity contribution in [2.24, 2.45) is 0 Å². The van der Waals surface area contributed by atoms with Gasteiger partial charge in [-0.1, -0.05) is 60.1 Å². The van der Waals surface area contributed by atoms with E-state index in [1.165, 1.54) is 10.7 Å². The van der Waals surface area contributed by atoms with E-state index in [0.717, 1.165) is 31.6 Å². The first-order valence-electron chi connectivity index (χ1n) is 10.1. The molecular weight excluding hydrogens is 403 g/mol. The van der Waals surface area contributed by atoms with E-state index in [0.29, 0.717) is 30.9 Å². The Bertz CT molecular complexity index is 1060. The molecule has 7 heteroatoms. The van der Waals surface area contributed by atoms with Gasteiger partial charge in [-0.15, -0.1) is 0 Å². The van der Waals surface area contributed by atoms with Crippen LogP contribution in [0, 0.1) is 5.82 Å². The highest BCUT2D eigenvalue weighted by molar-refractivity contribution is 6.33. The third-order valence-corrected chi connectivity index (χ3v) is 5.78. The van der Waals surface area contributed by atoms with Gasteiger partial charge in [0.1, 0.15) is 10.8 Å². The number of hydrogen-bond acceptors (Lipinski definition) is 4. The summed E-state index contributed by atoms with van der Waals surface area (Å²) in [5.74, 6) is -0.173. The molecule has 0 aliphatic carbocycles. The molecule has 0 spiro atoms. The number of benzene rings is 2. The SMILES string of the molecule is O=c1c(Cl)c(N2CCCN(Cc3ccccc3F)CC2)cnn1Cc1ccccc1. The van der Waals surface area contributed by atoms with Gasteiger partial charge >= 0.3 is 0 Å². The highest BCUT2D eigenvalue weighted by Gasteiger charge is 2.20. The molecule has 1 saturated heterocycles. The van der Waals surface area contributed by atoms with Gasteiger partial charge in [-0.25, -0.2) is 9.07 Å². The van der Waals surface area contributed by atoms with E-state index in [9.17, 15) is 9.18 Å². The van der Waals surface area contributed by atoms with Crippen molar-refractivity contribution in [1.82, 2.24) is 14.7 Å². The average molecular weight is 427 g/mol. The van der Waals surface area contributed by atoms with Crippen molar-refractivity contribution in [3.05, 3.63) is 93.1 Å². The number of nitrogens with zero attached hydrogens (tertiary/aromatic N) is 4. The molecule has 156 valence electrons. The van der Waals surface area contributed by atoms with Crippen LogP contribution in [-0.2, 0) is 13.1 Å². The van der Waals surface area contributed by atoms with Crippen molar-refractivity contribution in [3.8, 4) is 0 Å². The first kappa shape index (κ1) is 20.6. The second kappa shape index (κ2) is 9.41. The van der Waals surface area contributed by atoms with Crippen LogP contribution in [0.1, 0.15) is 17.5 Å². The molecule has 3 aromatic rings. The molecule has 0 atom stereocenters. The average Bonchev–Trinajstić information content (AvgIpc) is 3.00. The summed E-state index contributed by atoms with van der Waals surface area (Å²) in [6.07, 6.45) is 2.58. The van der Waals surface area contributed by atoms with Gasteiger partial charge in [-0.2, -0.15) is 5.10 Å². The zero-order valence-electron chi connectivity index (χ0n) is 16.7. The van der Waals surface area contributed by atoms with Crippen LogP contribution in [-0.4, -0.2) is 40.9 Å². The van der Waals surface area contributed by atoms with Crippen molar-refractivity contribution >= 4 is 17.3 Å². The van der Waals surface area contributed by atoms with E-state index in [4.69, 9.17) is 11.6 Å². The largest absolute Gasteiger partial charge is 0.368 e. The molecule has 2 heterocycles. The number of halogens is 2. The maximum atomic E-state index is 14.0. The third kappa shape index (κ3) is 4.71. The van der Waals surface area contributed by atoms with E-state index >= 15 is 0 Å². The molecule has 1 aromatic heterocycles. The Labute approximate surface area is 180 Å². The molecule has 4 rings (SSSR count). The molecule has 0 amide bonds. The topological polar surface area (TPSA) is 41.4 Å². The fourth-order valence-corrected chi connectivity index (χ4v) is 4.05. The predicted octanol–water partition coefficient (Wildman–Crippen LogP) is 3.80. The molecule has 1 aliphatic heterocycles. The zero-order chi connectivity index (χ0) is 20.9. The Hall–Kier alpha value is -2.70. The Kier molecular flexibility index (Phi) is 6.45. The fourth-order valence-electron chi connectivity index (χ4n) is 3.78. The highest BCUT2D eigenvalue weighted by atomic mass is 35.5. The first-order valence-corrected chi connectivity index (χ1v) is 10.5. The summed E-state index contributed by atoms with van der Waals surface area (Å²) in [4.78, 5) is 17.1. The monoisotopic (exact) mass is 426 g/mol. The summed E-state index contributed by atoms with van der Waals surface area (Å²) in [7, 11) is 0. The number of hydrogen-bond donors (Lipinski definition) is 0. The van der Waals surface area contributed by atoms with Crippen LogP contribution in [0.3, 0.4) is 0 Å². The normalized spacial score (nSPS) is 15.2. The summed E-state index contributed by atoms with van der Waals surface area (Å²) in [5.41, 5.74) is 2.08. The maximum Gasteiger partial charge on any atom is 0.287 e. The smallest absolute Gasteiger partial charge is 0.287 e. The minimum Gasteiger partial charge on any atom is -0.368 e. The van der Waals surface area contributed by atoms with Crippen LogP contribution in [0.25, 0.3) is 0 Å². The molecule has 30 heavy (non-hydrogen) atoms. The highest BCUT2D eigenvalue weighted by Crippen LogP contribution is 2.23. The van der Waals surface area contributed by atoms with E-state index in [1.807, 2.05) is 42.5 Å². The third-order valence-electron chi connectivity index (χ3n) is 5.42. The van der Waals surface area contributed by atoms with Crippen molar-refractivity contribution in [3.63, 3.8) is 0 Å². The summed E-state index contributed by atoms with van der Waals surface area (Å²) in [5, 5.41) is 4.55. The molecule has 0 saturated carbocycles. The lowest BCUT2D eigenvalue weighted by Crippen LogP contribution is -2.33. The minimum absolute atomic E-state index is 0.173. The molecule has 1 aliphatic rings. The minimum atomic E-state index is -0.287. The lowest BCUT2D eigenvalue weighted by Gasteiger charge is -2.24. The van der Waals surface area contributed by atoms with Gasteiger partial charge in [0.15, 0.2) is 0 Å². The van der Waals surface area contributed by atoms with E-state index in [1.54, 1.807) is 12.3 Å². The summed E-state index contributed by atoms with van der Waals surface area (Å²) < 4.78 is 15.4. The Balaban J connectivity index is 1.46. The van der Waals surface area contributed by atoms with Crippen molar-refractivity contribution in [2.75, 3.05) is 31.1 Å². The van der Waals surface area contributed by atoms with Gasteiger partial charge in [-0.05, 0) is 18.1 Å². The van der Waals surface area contributed by atoms with Gasteiger partial charge in [0.25, 0.3) is 5.56 Å². The standard InChI is InChI=1S/C23H24ClFN4O/c24-22-21(15-26-29(23(22)30)16-18-7-2-1-3-8-18)28-12-6-11-27(13-14-28)17-19-9-4-5-10-20(19)25/h1-5,7-10,15H,6,11-14,16-17H2. The molecule has 2 aromatic carbocycles. The van der Waals surface area contributed by atoms with Crippen molar-refractivity contribution < 1.29 is 4.39 Å². The van der Waals surface area contributed by atoms with Crippen LogP contribution < -0.4 is 10.5 Å². The molecule has 5 nitrogen and oxygen atoms in total. The number of aromatic nitrogens is 2. The summed E-state index contributed by atoms with van der Waals surface area (Å²) in [6, 6.07) is 16.6. The Morgan fingerprint density at radius 2 is 1.70 bits per heavy atom. The molecular formula is C23H24ClFN4O. The summed E-state index contributed by atoms with van der Waals surface area (Å²) in [6.45, 7) is 4.06. The Morgan fingerprint density at radius 3 is 2.50 bits per heavy atom. The van der Waals surface area contributed by atoms with Crippen LogP contribution >= 0.6 is 11.6 Å². The van der Waals surface area contributed by atoms with Gasteiger partial charge in [0, 0.05) is 38.3 Å². The van der Waals surface area contributed by atoms with Gasteiger partial charge in [-0.3, -0.25) is 9.69 Å². The van der Waals surface area contributed by atoms with Crippen molar-refractivity contribution in [2.45, 2.75) is 19.5 Å². The number of anilines is 1. The zero-order valence-corrected chi connectivity index (χ0v) is 17.4. The quantitative estimate of drug-likeness (QED) is 0.622. The molecule has 0 radical (unpaired) electrons. The number of rotatable bonds is 5. The van der Waals surface area contributed by atoms with Crippen LogP contribution in [0.4, 0.5) is 10.1 Å². The molecule has 0 bridgehead atoms. The molecule has 0 unspecified atom stereocenters. The predicted molar refractivity (Wildman–Crippen MR) is 118 cm³/mol. The van der Waals surface area contributed by atoms with Gasteiger partial charge < -0.3 is 4.90 Å². The van der Waals surface area contributed by atoms with Gasteiger partial charge in [0.2, 0.25) is 0 Å². The second-order valence-corrected chi connectivity index (χ2v) is 7.88.